The molecule has 2 aromatic carbocycles. The van der Waals surface area contributed by atoms with Crippen LogP contribution < -0.4 is 20.3 Å². The number of ether oxygens (including phenoxy) is 1. The van der Waals surface area contributed by atoms with Crippen LogP contribution in [0, 0.1) is 17.7 Å². The van der Waals surface area contributed by atoms with Crippen molar-refractivity contribution in [1.29, 1.82) is 5.41 Å². The van der Waals surface area contributed by atoms with Crippen molar-refractivity contribution in [3.63, 3.8) is 0 Å². The highest BCUT2D eigenvalue weighted by atomic mass is 19.4. The minimum Gasteiger partial charge on any atom is -0.481 e. The molecule has 4 heterocycles. The summed E-state index contributed by atoms with van der Waals surface area (Å²) in [5.41, 5.74) is 10.2. The van der Waals surface area contributed by atoms with Crippen LogP contribution in [0.3, 0.4) is 0 Å². The van der Waals surface area contributed by atoms with E-state index in [4.69, 9.17) is 25.8 Å². The predicted octanol–water partition coefficient (Wildman–Crippen LogP) is 5.76. The van der Waals surface area contributed by atoms with Crippen molar-refractivity contribution in [2.75, 3.05) is 75.5 Å². The second kappa shape index (κ2) is 12.1. The molecule has 1 aliphatic carbocycles. The highest BCUT2D eigenvalue weighted by Gasteiger charge is 2.47. The molecule has 1 saturated carbocycles. The summed E-state index contributed by atoms with van der Waals surface area (Å²) in [5, 5.41) is 8.92. The van der Waals surface area contributed by atoms with E-state index in [9.17, 15) is 18.0 Å². The summed E-state index contributed by atoms with van der Waals surface area (Å²) in [6.45, 7) is 10.2. The Morgan fingerprint density at radius 3 is 2.38 bits per heavy atom. The minimum atomic E-state index is -4.59. The number of benzene rings is 2. The first-order valence-corrected chi connectivity index (χ1v) is 17.2. The molecule has 7 rings (SSSR count). The summed E-state index contributed by atoms with van der Waals surface area (Å²) in [4.78, 5) is 30.7. The molecule has 0 unspecified atom stereocenters. The quantitative estimate of drug-likeness (QED) is 0.166. The highest BCUT2D eigenvalue weighted by molar-refractivity contribution is 6.05. The Kier molecular flexibility index (Phi) is 8.27. The van der Waals surface area contributed by atoms with Crippen LogP contribution in [0.1, 0.15) is 55.2 Å². The third-order valence-electron chi connectivity index (χ3n) is 11.3. The maximum Gasteiger partial charge on any atom is 0.422 e. The van der Waals surface area contributed by atoms with Gasteiger partial charge in [-0.05, 0) is 94.4 Å². The van der Waals surface area contributed by atoms with Crippen LogP contribution in [-0.2, 0) is 4.79 Å². The fraction of sp³-hybridized carbons (Fsp3) is 0.514. The molecule has 1 amide bonds. The van der Waals surface area contributed by atoms with E-state index in [0.717, 1.165) is 36.8 Å². The van der Waals surface area contributed by atoms with Gasteiger partial charge in [0.1, 0.15) is 11.3 Å². The fourth-order valence-corrected chi connectivity index (χ4v) is 7.87. The zero-order chi connectivity index (χ0) is 35.7. The lowest BCUT2D eigenvalue weighted by atomic mass is 9.72. The van der Waals surface area contributed by atoms with E-state index in [0.29, 0.717) is 84.3 Å². The molecule has 1 aromatic heterocycles. The normalized spacial score (nSPS) is 19.8. The van der Waals surface area contributed by atoms with Crippen molar-refractivity contribution < 1.29 is 22.7 Å². The van der Waals surface area contributed by atoms with Crippen LogP contribution in [0.15, 0.2) is 30.9 Å². The van der Waals surface area contributed by atoms with Gasteiger partial charge in [-0.25, -0.2) is 4.98 Å². The number of piperidine rings is 1. The number of likely N-dealkylation sites (N-methyl/N-ethyl adjacent to an activating group) is 1. The lowest BCUT2D eigenvalue weighted by molar-refractivity contribution is -0.153. The van der Waals surface area contributed by atoms with Crippen molar-refractivity contribution in [3.05, 3.63) is 47.5 Å². The van der Waals surface area contributed by atoms with E-state index in [2.05, 4.69) is 34.3 Å². The van der Waals surface area contributed by atoms with E-state index in [-0.39, 0.29) is 28.5 Å². The van der Waals surface area contributed by atoms with Gasteiger partial charge in [-0.15, -0.1) is 0 Å². The topological polar surface area (TPSA) is 115 Å². The molecule has 50 heavy (non-hydrogen) atoms. The number of nitrogens with zero attached hydrogens (tertiary/aromatic N) is 6. The second-order valence-corrected chi connectivity index (χ2v) is 15.1. The molecule has 3 N–H and O–H groups in total. The first-order valence-electron chi connectivity index (χ1n) is 17.2. The Balaban J connectivity index is 1.41. The van der Waals surface area contributed by atoms with Crippen LogP contribution in [0.25, 0.3) is 22.0 Å². The number of carbonyl (C=O) groups excluding carboxylic acids is 1. The highest BCUT2D eigenvalue weighted by Crippen LogP contribution is 2.53. The van der Waals surface area contributed by atoms with Gasteiger partial charge in [0.2, 0.25) is 11.9 Å². The largest absolute Gasteiger partial charge is 0.481 e. The zero-order valence-corrected chi connectivity index (χ0v) is 29.2. The number of nitrogens with one attached hydrogen (secondary N) is 1. The van der Waals surface area contributed by atoms with Crippen molar-refractivity contribution in [1.82, 2.24) is 19.8 Å². The monoisotopic (exact) mass is 690 g/mol. The number of nitrogen functional groups attached to an aromatic ring is 1. The third kappa shape index (κ3) is 5.92. The van der Waals surface area contributed by atoms with E-state index in [1.165, 1.54) is 12.3 Å². The van der Waals surface area contributed by atoms with Gasteiger partial charge in [-0.3, -0.25) is 4.79 Å². The minimum absolute atomic E-state index is 0.0348. The Bertz CT molecular complexity index is 1870. The Morgan fingerprint density at radius 2 is 1.80 bits per heavy atom. The van der Waals surface area contributed by atoms with Crippen LogP contribution in [0.4, 0.5) is 30.6 Å². The summed E-state index contributed by atoms with van der Waals surface area (Å²) in [6, 6.07) is 5.60. The molecule has 266 valence electrons. The van der Waals surface area contributed by atoms with E-state index in [1.54, 1.807) is 6.07 Å². The number of halogens is 3. The number of likely N-dealkylation sites (tertiary alicyclic amines) is 1. The van der Waals surface area contributed by atoms with Gasteiger partial charge in [-0.1, -0.05) is 12.6 Å². The van der Waals surface area contributed by atoms with E-state index in [1.807, 2.05) is 32.0 Å². The van der Waals surface area contributed by atoms with Crippen LogP contribution in [-0.4, -0.2) is 104 Å². The maximum absolute atomic E-state index is 14.0. The molecule has 4 fully saturated rings. The van der Waals surface area contributed by atoms with E-state index < -0.39 is 12.8 Å². The summed E-state index contributed by atoms with van der Waals surface area (Å²) < 4.78 is 47.8. The third-order valence-corrected chi connectivity index (χ3v) is 11.3. The number of hydrogen-bond acceptors (Lipinski definition) is 9. The zero-order valence-electron chi connectivity index (χ0n) is 29.2. The van der Waals surface area contributed by atoms with Crippen molar-refractivity contribution >= 4 is 40.5 Å². The Labute approximate surface area is 290 Å². The van der Waals surface area contributed by atoms with Gasteiger partial charge in [0, 0.05) is 73.1 Å². The van der Waals surface area contributed by atoms with Crippen LogP contribution in [0.2, 0.25) is 0 Å². The lowest BCUT2D eigenvalue weighted by Crippen LogP contribution is -2.67. The lowest BCUT2D eigenvalue weighted by Gasteiger charge is -2.54. The molecule has 0 bridgehead atoms. The number of carbonyl (C=O) groups is 1. The standard InChI is InChI=1S/C37H45F3N8O2/c1-6-28(49)47-19-36(20-47)11-13-46(14-12-36)33-25-15-24(23-8-9-23)30(29-22(2)7-10-27(42)26(29)16-41)32(50-21-37(38,39)40)31(25)43-34(44-33)48-17-35(3,18-48)45(4)5/h6-7,10,15-16,23,41H,1,8-9,11-14,17-21,42H2,2-5H3. The van der Waals surface area contributed by atoms with Crippen molar-refractivity contribution in [2.45, 2.75) is 57.2 Å². The first kappa shape index (κ1) is 34.1. The summed E-state index contributed by atoms with van der Waals surface area (Å²) >= 11 is 0. The van der Waals surface area contributed by atoms with Gasteiger partial charge in [-0.2, -0.15) is 18.2 Å². The first-order chi connectivity index (χ1) is 23.7. The number of alkyl halides is 3. The maximum atomic E-state index is 14.0. The molecule has 10 nitrogen and oxygen atoms in total. The Morgan fingerprint density at radius 1 is 1.12 bits per heavy atom. The molecule has 3 aromatic rings. The number of anilines is 3. The average Bonchev–Trinajstić information content (AvgIpc) is 3.89. The molecule has 4 aliphatic rings. The summed E-state index contributed by atoms with van der Waals surface area (Å²) in [6.07, 6.45) is 1.40. The molecular weight excluding hydrogens is 645 g/mol. The van der Waals surface area contributed by atoms with Gasteiger partial charge in [0.15, 0.2) is 12.4 Å². The van der Waals surface area contributed by atoms with Gasteiger partial charge < -0.3 is 35.5 Å². The van der Waals surface area contributed by atoms with Gasteiger partial charge in [0.25, 0.3) is 0 Å². The van der Waals surface area contributed by atoms with E-state index >= 15 is 0 Å². The van der Waals surface area contributed by atoms with Crippen molar-refractivity contribution in [2.24, 2.45) is 5.41 Å². The van der Waals surface area contributed by atoms with Gasteiger partial charge >= 0.3 is 6.18 Å². The number of rotatable bonds is 9. The molecule has 0 atom stereocenters. The number of nitrogens with two attached hydrogens (primary N) is 1. The molecule has 13 heteroatoms. The fourth-order valence-electron chi connectivity index (χ4n) is 7.87. The van der Waals surface area contributed by atoms with Gasteiger partial charge in [0.05, 0.1) is 5.54 Å². The Hall–Kier alpha value is -4.39. The SMILES string of the molecule is C=CC(=O)N1CC2(CCN(c3nc(N4CC(C)(N(C)C)C4)nc4c(OCC(F)(F)F)c(-c5c(C)ccc(N)c5C=N)c(C5CC5)cc34)CC2)C1. The smallest absolute Gasteiger partial charge is 0.422 e. The number of hydrogen-bond donors (Lipinski definition) is 2. The molecule has 1 spiro atoms. The molecule has 0 radical (unpaired) electrons. The summed E-state index contributed by atoms with van der Waals surface area (Å²) in [5.74, 6) is 1.22. The second-order valence-electron chi connectivity index (χ2n) is 15.1. The van der Waals surface area contributed by atoms with Crippen molar-refractivity contribution in [3.8, 4) is 16.9 Å². The number of fused-ring (bicyclic) bond motifs is 1. The molecule has 3 aliphatic heterocycles. The predicted molar refractivity (Wildman–Crippen MR) is 190 cm³/mol. The number of aryl methyl sites for hydroxylation is 1. The van der Waals surface area contributed by atoms with Crippen LogP contribution >= 0.6 is 0 Å². The summed E-state index contributed by atoms with van der Waals surface area (Å²) in [7, 11) is 4.06. The molecular formula is C37H45F3N8O2. The van der Waals surface area contributed by atoms with Crippen LogP contribution in [0.5, 0.6) is 5.75 Å². The average molecular weight is 691 g/mol. The number of aromatic nitrogens is 2. The number of amides is 1. The molecule has 3 saturated heterocycles.